The van der Waals surface area contributed by atoms with Crippen LogP contribution in [0.2, 0.25) is 0 Å². The molecule has 1 N–H and O–H groups in total. The Morgan fingerprint density at radius 1 is 1.06 bits per heavy atom. The minimum Gasteiger partial charge on any atom is -0.497 e. The molecule has 1 aliphatic carbocycles. The number of hydrogen-bond donors (Lipinski definition) is 1. The zero-order chi connectivity index (χ0) is 23.2. The fraction of sp³-hybridized carbons (Fsp3) is 0.333. The third kappa shape index (κ3) is 5.63. The lowest BCUT2D eigenvalue weighted by atomic mass is 10.0. The summed E-state index contributed by atoms with van der Waals surface area (Å²) in [7, 11) is 1.61. The molecule has 0 saturated heterocycles. The predicted octanol–water partition coefficient (Wildman–Crippen LogP) is 5.44. The predicted molar refractivity (Wildman–Crippen MR) is 133 cm³/mol. The maximum Gasteiger partial charge on any atom is 0.248 e. The highest BCUT2D eigenvalue weighted by atomic mass is 32.1. The van der Waals surface area contributed by atoms with Crippen LogP contribution in [0.15, 0.2) is 66.0 Å². The second kappa shape index (κ2) is 10.7. The van der Waals surface area contributed by atoms with Crippen LogP contribution in [-0.4, -0.2) is 25.0 Å². The van der Waals surface area contributed by atoms with Gasteiger partial charge in [0.25, 0.3) is 0 Å². The molecule has 6 heteroatoms. The highest BCUT2D eigenvalue weighted by Gasteiger charge is 2.34. The Kier molecular flexibility index (Phi) is 7.45. The van der Waals surface area contributed by atoms with E-state index in [2.05, 4.69) is 5.32 Å². The lowest BCUT2D eigenvalue weighted by Gasteiger charge is -2.32. The van der Waals surface area contributed by atoms with Gasteiger partial charge in [0, 0.05) is 16.6 Å². The molecule has 172 valence electrons. The normalized spacial score (nSPS) is 14.6. The number of aryl methyl sites for hydroxylation is 1. The zero-order valence-corrected chi connectivity index (χ0v) is 19.9. The Balaban J connectivity index is 1.75. The van der Waals surface area contributed by atoms with E-state index in [0.29, 0.717) is 11.4 Å². The van der Waals surface area contributed by atoms with Crippen LogP contribution in [-0.2, 0) is 16.0 Å². The van der Waals surface area contributed by atoms with Crippen LogP contribution < -0.4 is 15.0 Å². The molecular weight excluding hydrogens is 432 g/mol. The van der Waals surface area contributed by atoms with Gasteiger partial charge in [-0.3, -0.25) is 14.5 Å². The first-order valence-corrected chi connectivity index (χ1v) is 12.3. The van der Waals surface area contributed by atoms with E-state index in [4.69, 9.17) is 4.74 Å². The molecule has 0 radical (unpaired) electrons. The molecule has 0 bridgehead atoms. The van der Waals surface area contributed by atoms with Crippen LogP contribution in [0, 0.1) is 6.92 Å². The second-order valence-electron chi connectivity index (χ2n) is 8.52. The monoisotopic (exact) mass is 462 g/mol. The van der Waals surface area contributed by atoms with E-state index >= 15 is 0 Å². The maximum atomic E-state index is 13.7. The molecule has 33 heavy (non-hydrogen) atoms. The second-order valence-corrected chi connectivity index (χ2v) is 9.55. The first kappa shape index (κ1) is 23.1. The van der Waals surface area contributed by atoms with Crippen molar-refractivity contribution in [2.24, 2.45) is 0 Å². The van der Waals surface area contributed by atoms with E-state index in [0.717, 1.165) is 41.7 Å². The fourth-order valence-corrected chi connectivity index (χ4v) is 5.04. The van der Waals surface area contributed by atoms with Crippen molar-refractivity contribution in [1.29, 1.82) is 0 Å². The molecule has 1 saturated carbocycles. The van der Waals surface area contributed by atoms with E-state index < -0.39 is 6.04 Å². The Labute approximate surface area is 199 Å². The molecule has 1 heterocycles. The molecule has 1 fully saturated rings. The Morgan fingerprint density at radius 3 is 2.36 bits per heavy atom. The third-order valence-corrected chi connectivity index (χ3v) is 7.00. The summed E-state index contributed by atoms with van der Waals surface area (Å²) < 4.78 is 5.31. The van der Waals surface area contributed by atoms with Gasteiger partial charge in [0.05, 0.1) is 13.5 Å². The minimum atomic E-state index is -0.757. The molecule has 0 spiro atoms. The smallest absolute Gasteiger partial charge is 0.248 e. The summed E-state index contributed by atoms with van der Waals surface area (Å²) in [5, 5.41) is 5.19. The number of carbonyl (C=O) groups excluding carboxylic acids is 2. The molecule has 2 amide bonds. The van der Waals surface area contributed by atoms with Crippen LogP contribution in [0.25, 0.3) is 0 Å². The summed E-state index contributed by atoms with van der Waals surface area (Å²) in [6.45, 7) is 2.01. The summed E-state index contributed by atoms with van der Waals surface area (Å²) in [6.07, 6.45) is 4.46. The van der Waals surface area contributed by atoms with Crippen molar-refractivity contribution in [1.82, 2.24) is 5.32 Å². The average Bonchev–Trinajstić information content (AvgIpc) is 3.53. The molecule has 1 aromatic heterocycles. The summed E-state index contributed by atoms with van der Waals surface area (Å²) in [4.78, 5) is 30.0. The van der Waals surface area contributed by atoms with Crippen LogP contribution in [0.1, 0.15) is 47.7 Å². The topological polar surface area (TPSA) is 58.6 Å². The number of thiophene rings is 1. The highest BCUT2D eigenvalue weighted by Crippen LogP contribution is 2.31. The number of benzene rings is 2. The Bertz CT molecular complexity index is 1060. The molecule has 0 aliphatic heterocycles. The lowest BCUT2D eigenvalue weighted by Crippen LogP contribution is -2.46. The van der Waals surface area contributed by atoms with Crippen molar-refractivity contribution < 1.29 is 14.3 Å². The van der Waals surface area contributed by atoms with Crippen molar-refractivity contribution in [2.75, 3.05) is 12.0 Å². The number of amides is 2. The van der Waals surface area contributed by atoms with Crippen molar-refractivity contribution in [3.8, 4) is 5.75 Å². The summed E-state index contributed by atoms with van der Waals surface area (Å²) in [5.41, 5.74) is 2.57. The summed E-state index contributed by atoms with van der Waals surface area (Å²) in [5.74, 6) is 0.447. The summed E-state index contributed by atoms with van der Waals surface area (Å²) in [6, 6.07) is 18.5. The van der Waals surface area contributed by atoms with Gasteiger partial charge in [-0.15, -0.1) is 11.3 Å². The number of rotatable bonds is 8. The van der Waals surface area contributed by atoms with Gasteiger partial charge in [-0.25, -0.2) is 0 Å². The quantitative estimate of drug-likeness (QED) is 0.485. The molecule has 4 rings (SSSR count). The molecule has 5 nitrogen and oxygen atoms in total. The van der Waals surface area contributed by atoms with E-state index in [1.165, 1.54) is 0 Å². The molecule has 2 aromatic carbocycles. The number of anilines is 1. The van der Waals surface area contributed by atoms with Gasteiger partial charge in [-0.05, 0) is 61.0 Å². The third-order valence-electron chi connectivity index (χ3n) is 6.13. The minimum absolute atomic E-state index is 0.116. The standard InChI is InChI=1S/C27H30N2O3S/c1-19-9-11-20(12-10-19)26(27(31)28-21-6-3-4-7-21)29(22-13-15-23(32-2)16-14-22)25(30)18-24-8-5-17-33-24/h5,8-17,21,26H,3-4,6-7,18H2,1-2H3,(H,28,31). The first-order valence-electron chi connectivity index (χ1n) is 11.4. The van der Waals surface area contributed by atoms with E-state index in [9.17, 15) is 9.59 Å². The van der Waals surface area contributed by atoms with Crippen molar-refractivity contribution >= 4 is 28.8 Å². The first-order chi connectivity index (χ1) is 16.0. The Hall–Kier alpha value is -3.12. The average molecular weight is 463 g/mol. The number of carbonyl (C=O) groups is 2. The number of methoxy groups -OCH3 is 1. The van der Waals surface area contributed by atoms with E-state index in [1.807, 2.05) is 73.0 Å². The molecular formula is C27H30N2O3S. The van der Waals surface area contributed by atoms with Gasteiger partial charge in [-0.2, -0.15) is 0 Å². The van der Waals surface area contributed by atoms with Gasteiger partial charge in [0.2, 0.25) is 11.8 Å². The maximum absolute atomic E-state index is 13.7. The lowest BCUT2D eigenvalue weighted by molar-refractivity contribution is -0.127. The number of nitrogens with zero attached hydrogens (tertiary/aromatic N) is 1. The molecule has 1 atom stereocenters. The number of nitrogens with one attached hydrogen (secondary N) is 1. The fourth-order valence-electron chi connectivity index (χ4n) is 4.34. The summed E-state index contributed by atoms with van der Waals surface area (Å²) >= 11 is 1.55. The van der Waals surface area contributed by atoms with E-state index in [-0.39, 0.29) is 24.3 Å². The van der Waals surface area contributed by atoms with Gasteiger partial charge >= 0.3 is 0 Å². The molecule has 1 aliphatic rings. The molecule has 3 aromatic rings. The van der Waals surface area contributed by atoms with Crippen molar-refractivity contribution in [3.05, 3.63) is 82.0 Å². The zero-order valence-electron chi connectivity index (χ0n) is 19.1. The van der Waals surface area contributed by atoms with Gasteiger partial charge < -0.3 is 10.1 Å². The van der Waals surface area contributed by atoms with Crippen LogP contribution in [0.3, 0.4) is 0 Å². The van der Waals surface area contributed by atoms with Gasteiger partial charge in [0.1, 0.15) is 11.8 Å². The van der Waals surface area contributed by atoms with Crippen molar-refractivity contribution in [2.45, 2.75) is 51.1 Å². The van der Waals surface area contributed by atoms with Crippen LogP contribution in [0.4, 0.5) is 5.69 Å². The van der Waals surface area contributed by atoms with Crippen molar-refractivity contribution in [3.63, 3.8) is 0 Å². The number of hydrogen-bond acceptors (Lipinski definition) is 4. The largest absolute Gasteiger partial charge is 0.497 e. The van der Waals surface area contributed by atoms with Gasteiger partial charge in [-0.1, -0.05) is 48.7 Å². The number of ether oxygens (including phenoxy) is 1. The Morgan fingerprint density at radius 2 is 1.76 bits per heavy atom. The van der Waals surface area contributed by atoms with Crippen LogP contribution in [0.5, 0.6) is 5.75 Å². The highest BCUT2D eigenvalue weighted by molar-refractivity contribution is 7.10. The van der Waals surface area contributed by atoms with Crippen LogP contribution >= 0.6 is 11.3 Å². The van der Waals surface area contributed by atoms with E-state index in [1.54, 1.807) is 23.3 Å². The van der Waals surface area contributed by atoms with Gasteiger partial charge in [0.15, 0.2) is 0 Å². The molecule has 1 unspecified atom stereocenters. The SMILES string of the molecule is COc1ccc(N(C(=O)Cc2cccs2)C(C(=O)NC2CCCC2)c2ccc(C)cc2)cc1.